The van der Waals surface area contributed by atoms with E-state index in [-0.39, 0.29) is 4.90 Å². The Balaban J connectivity index is 1.77. The summed E-state index contributed by atoms with van der Waals surface area (Å²) in [7, 11) is -3.69. The zero-order valence-electron chi connectivity index (χ0n) is 16.3. The van der Waals surface area contributed by atoms with Crippen LogP contribution in [0.5, 0.6) is 0 Å². The number of carbonyl (C=O) groups is 1. The van der Waals surface area contributed by atoms with Crippen LogP contribution < -0.4 is 4.72 Å². The predicted octanol–water partition coefficient (Wildman–Crippen LogP) is 4.59. The second kappa shape index (κ2) is 8.49. The molecule has 3 rings (SSSR count). The van der Waals surface area contributed by atoms with Crippen molar-refractivity contribution in [3.05, 3.63) is 94.5 Å². The van der Waals surface area contributed by atoms with Crippen LogP contribution in [0.2, 0.25) is 0 Å². The van der Waals surface area contributed by atoms with E-state index >= 15 is 0 Å². The van der Waals surface area contributed by atoms with Gasteiger partial charge in [-0.1, -0.05) is 48.0 Å². The molecule has 0 saturated heterocycles. The van der Waals surface area contributed by atoms with E-state index in [2.05, 4.69) is 4.72 Å². The summed E-state index contributed by atoms with van der Waals surface area (Å²) >= 11 is 0. The van der Waals surface area contributed by atoms with Gasteiger partial charge in [-0.15, -0.1) is 0 Å². The SMILES string of the molecule is Cc1ccc(S(=O)(=O)Nc2cccc(CCc3ccccc3C(=O)O)c2)c(C)c1. The molecule has 29 heavy (non-hydrogen) atoms. The molecule has 0 saturated carbocycles. The van der Waals surface area contributed by atoms with Gasteiger partial charge in [0.25, 0.3) is 10.0 Å². The normalized spacial score (nSPS) is 11.2. The molecule has 0 aromatic heterocycles. The zero-order valence-corrected chi connectivity index (χ0v) is 17.2. The topological polar surface area (TPSA) is 83.5 Å². The van der Waals surface area contributed by atoms with Crippen molar-refractivity contribution in [2.45, 2.75) is 31.6 Å². The van der Waals surface area contributed by atoms with Crippen molar-refractivity contribution in [1.82, 2.24) is 0 Å². The van der Waals surface area contributed by atoms with E-state index in [1.54, 1.807) is 55.5 Å². The molecule has 0 radical (unpaired) electrons. The van der Waals surface area contributed by atoms with Gasteiger partial charge < -0.3 is 5.11 Å². The standard InChI is InChI=1S/C23H23NO4S/c1-16-10-13-22(17(2)14-16)29(27,28)24-20-8-5-6-18(15-20)11-12-19-7-3-4-9-21(19)23(25)26/h3-10,13-15,24H,11-12H2,1-2H3,(H,25,26). The second-order valence-corrected chi connectivity index (χ2v) is 8.69. The predicted molar refractivity (Wildman–Crippen MR) is 114 cm³/mol. The summed E-state index contributed by atoms with van der Waals surface area (Å²) < 4.78 is 28.2. The summed E-state index contributed by atoms with van der Waals surface area (Å²) in [4.78, 5) is 11.6. The summed E-state index contributed by atoms with van der Waals surface area (Å²) in [6.45, 7) is 3.70. The summed E-state index contributed by atoms with van der Waals surface area (Å²) in [6.07, 6.45) is 1.15. The summed E-state index contributed by atoms with van der Waals surface area (Å²) in [6, 6.07) is 19.3. The molecule has 2 N–H and O–H groups in total. The average molecular weight is 410 g/mol. The van der Waals surface area contributed by atoms with Crippen LogP contribution in [0.1, 0.15) is 32.6 Å². The van der Waals surface area contributed by atoms with Crippen LogP contribution in [-0.2, 0) is 22.9 Å². The van der Waals surface area contributed by atoms with Crippen molar-refractivity contribution in [3.8, 4) is 0 Å². The first-order chi connectivity index (χ1) is 13.8. The van der Waals surface area contributed by atoms with Gasteiger partial charge in [0.1, 0.15) is 0 Å². The molecule has 3 aromatic rings. The van der Waals surface area contributed by atoms with Crippen LogP contribution in [0.3, 0.4) is 0 Å². The lowest BCUT2D eigenvalue weighted by Gasteiger charge is -2.12. The maximum atomic E-state index is 12.8. The molecule has 6 heteroatoms. The fourth-order valence-electron chi connectivity index (χ4n) is 3.33. The lowest BCUT2D eigenvalue weighted by molar-refractivity contribution is 0.0695. The monoisotopic (exact) mass is 409 g/mol. The van der Waals surface area contributed by atoms with E-state index in [4.69, 9.17) is 0 Å². The van der Waals surface area contributed by atoms with E-state index in [9.17, 15) is 18.3 Å². The number of anilines is 1. The van der Waals surface area contributed by atoms with Gasteiger partial charge in [-0.3, -0.25) is 4.72 Å². The molecule has 3 aromatic carbocycles. The molecular weight excluding hydrogens is 386 g/mol. The van der Waals surface area contributed by atoms with Gasteiger partial charge in [-0.2, -0.15) is 0 Å². The summed E-state index contributed by atoms with van der Waals surface area (Å²) in [5.74, 6) is -0.949. The van der Waals surface area contributed by atoms with Gasteiger partial charge >= 0.3 is 5.97 Å². The van der Waals surface area contributed by atoms with Gasteiger partial charge in [-0.25, -0.2) is 13.2 Å². The molecule has 150 valence electrons. The smallest absolute Gasteiger partial charge is 0.335 e. The van der Waals surface area contributed by atoms with E-state index in [0.29, 0.717) is 29.7 Å². The number of sulfonamides is 1. The Morgan fingerprint density at radius 3 is 2.41 bits per heavy atom. The fraction of sp³-hybridized carbons (Fsp3) is 0.174. The number of aromatic carboxylic acids is 1. The molecule has 0 aliphatic carbocycles. The summed E-state index contributed by atoms with van der Waals surface area (Å²) in [5, 5.41) is 9.31. The van der Waals surface area contributed by atoms with Crippen LogP contribution in [0.4, 0.5) is 5.69 Å². The number of hydrogen-bond donors (Lipinski definition) is 2. The highest BCUT2D eigenvalue weighted by Crippen LogP contribution is 2.22. The molecule has 0 bridgehead atoms. The van der Waals surface area contributed by atoms with Crippen LogP contribution in [0.25, 0.3) is 0 Å². The van der Waals surface area contributed by atoms with Gasteiger partial charge in [0.05, 0.1) is 10.5 Å². The Labute approximate surface area is 171 Å². The molecule has 0 spiro atoms. The number of nitrogens with one attached hydrogen (secondary N) is 1. The highest BCUT2D eigenvalue weighted by molar-refractivity contribution is 7.92. The van der Waals surface area contributed by atoms with E-state index in [1.165, 1.54) is 0 Å². The van der Waals surface area contributed by atoms with Crippen molar-refractivity contribution in [1.29, 1.82) is 0 Å². The van der Waals surface area contributed by atoms with Gasteiger partial charge in [-0.05, 0) is 67.6 Å². The number of benzene rings is 3. The number of rotatable bonds is 7. The van der Waals surface area contributed by atoms with E-state index < -0.39 is 16.0 Å². The average Bonchev–Trinajstić information content (AvgIpc) is 2.66. The molecule has 0 heterocycles. The second-order valence-electron chi connectivity index (χ2n) is 7.04. The molecule has 0 fully saturated rings. The minimum Gasteiger partial charge on any atom is -0.478 e. The van der Waals surface area contributed by atoms with Crippen LogP contribution in [0.15, 0.2) is 71.6 Å². The minimum absolute atomic E-state index is 0.254. The van der Waals surface area contributed by atoms with Crippen LogP contribution in [0, 0.1) is 13.8 Å². The van der Waals surface area contributed by atoms with Gasteiger partial charge in [0.2, 0.25) is 0 Å². The lowest BCUT2D eigenvalue weighted by Crippen LogP contribution is -2.14. The largest absolute Gasteiger partial charge is 0.478 e. The van der Waals surface area contributed by atoms with E-state index in [1.807, 2.05) is 25.1 Å². The minimum atomic E-state index is -3.69. The zero-order chi connectivity index (χ0) is 21.0. The Morgan fingerprint density at radius 2 is 1.69 bits per heavy atom. The van der Waals surface area contributed by atoms with Gasteiger partial charge in [0, 0.05) is 5.69 Å². The maximum absolute atomic E-state index is 12.8. The molecule has 0 aliphatic rings. The highest BCUT2D eigenvalue weighted by Gasteiger charge is 2.17. The maximum Gasteiger partial charge on any atom is 0.335 e. The lowest BCUT2D eigenvalue weighted by atomic mass is 10.00. The fourth-order valence-corrected chi connectivity index (χ4v) is 4.60. The number of hydrogen-bond acceptors (Lipinski definition) is 3. The third-order valence-electron chi connectivity index (χ3n) is 4.73. The molecule has 0 atom stereocenters. The summed E-state index contributed by atoms with van der Waals surface area (Å²) in [5.41, 5.74) is 4.14. The van der Waals surface area contributed by atoms with Crippen molar-refractivity contribution in [2.75, 3.05) is 4.72 Å². The Bertz CT molecular complexity index is 1150. The number of carboxylic acids is 1. The quantitative estimate of drug-likeness (QED) is 0.598. The first kappa shape index (κ1) is 20.6. The molecule has 0 amide bonds. The number of aryl methyl sites for hydroxylation is 4. The molecule has 5 nitrogen and oxygen atoms in total. The molecule has 0 aliphatic heterocycles. The molecular formula is C23H23NO4S. The third kappa shape index (κ3) is 5.03. The van der Waals surface area contributed by atoms with E-state index in [0.717, 1.165) is 16.7 Å². The van der Waals surface area contributed by atoms with Crippen LogP contribution >= 0.6 is 0 Å². The molecule has 0 unspecified atom stereocenters. The first-order valence-corrected chi connectivity index (χ1v) is 10.7. The highest BCUT2D eigenvalue weighted by atomic mass is 32.2. The Hall–Kier alpha value is -3.12. The van der Waals surface area contributed by atoms with Crippen molar-refractivity contribution in [3.63, 3.8) is 0 Å². The van der Waals surface area contributed by atoms with Crippen molar-refractivity contribution in [2.24, 2.45) is 0 Å². The third-order valence-corrected chi connectivity index (χ3v) is 6.27. The van der Waals surface area contributed by atoms with Crippen molar-refractivity contribution < 1.29 is 18.3 Å². The number of carboxylic acid groups (broad SMARTS) is 1. The Morgan fingerprint density at radius 1 is 0.931 bits per heavy atom. The van der Waals surface area contributed by atoms with Gasteiger partial charge in [0.15, 0.2) is 0 Å². The van der Waals surface area contributed by atoms with Crippen molar-refractivity contribution >= 4 is 21.7 Å². The van der Waals surface area contributed by atoms with Crippen LogP contribution in [-0.4, -0.2) is 19.5 Å². The first-order valence-electron chi connectivity index (χ1n) is 9.26. The Kier molecular flexibility index (Phi) is 6.03.